The predicted molar refractivity (Wildman–Crippen MR) is 72.2 cm³/mol. The lowest BCUT2D eigenvalue weighted by Crippen LogP contribution is -2.39. The summed E-state index contributed by atoms with van der Waals surface area (Å²) in [6.45, 7) is 2.28. The normalized spacial score (nSPS) is 19.8. The van der Waals surface area contributed by atoms with Crippen LogP contribution in [0.1, 0.15) is 0 Å². The second kappa shape index (κ2) is 7.03. The molecule has 1 fully saturated rings. The number of ether oxygens (including phenoxy) is 1. The smallest absolute Gasteiger partial charge is 0.393 e. The summed E-state index contributed by atoms with van der Waals surface area (Å²) in [7, 11) is -3.19. The van der Waals surface area contributed by atoms with E-state index in [0.29, 0.717) is 32.1 Å². The molecule has 2 rings (SSSR count). The minimum atomic E-state index is -3.19. The molecule has 1 saturated heterocycles. The molecule has 1 atom stereocenters. The van der Waals surface area contributed by atoms with E-state index >= 15 is 0 Å². The second-order valence-electron chi connectivity index (χ2n) is 4.12. The minimum Gasteiger partial charge on any atom is -0.422 e. The first-order chi connectivity index (χ1) is 9.24. The van der Waals surface area contributed by atoms with E-state index in [2.05, 4.69) is 5.09 Å². The van der Waals surface area contributed by atoms with Crippen molar-refractivity contribution in [3.05, 3.63) is 30.3 Å². The van der Waals surface area contributed by atoms with Crippen LogP contribution in [0.25, 0.3) is 0 Å². The summed E-state index contributed by atoms with van der Waals surface area (Å²) in [5, 5.41) is 11.7. The lowest BCUT2D eigenvalue weighted by atomic mass is 10.3. The van der Waals surface area contributed by atoms with E-state index in [-0.39, 0.29) is 13.2 Å². The zero-order chi connectivity index (χ0) is 13.6. The molecule has 0 saturated carbocycles. The van der Waals surface area contributed by atoms with Gasteiger partial charge in [-0.3, -0.25) is 0 Å². The Hall–Kier alpha value is -0.910. The Morgan fingerprint density at radius 2 is 2.00 bits per heavy atom. The number of rotatable bonds is 6. The SMILES string of the molecule is O=P(NCCO)(Oc1ccccc1)N1CCOCC1. The Morgan fingerprint density at radius 3 is 2.63 bits per heavy atom. The Bertz CT molecular complexity index is 423. The molecule has 6 nitrogen and oxygen atoms in total. The molecule has 0 aromatic heterocycles. The summed E-state index contributed by atoms with van der Waals surface area (Å²) in [5.74, 6) is 0.544. The van der Waals surface area contributed by atoms with Gasteiger partial charge in [0.25, 0.3) is 0 Å². The number of hydrogen-bond donors (Lipinski definition) is 2. The Morgan fingerprint density at radius 1 is 1.32 bits per heavy atom. The van der Waals surface area contributed by atoms with Crippen LogP contribution in [-0.4, -0.2) is 49.2 Å². The highest BCUT2D eigenvalue weighted by atomic mass is 31.2. The van der Waals surface area contributed by atoms with Crippen LogP contribution in [0.3, 0.4) is 0 Å². The van der Waals surface area contributed by atoms with Gasteiger partial charge in [-0.1, -0.05) is 18.2 Å². The van der Waals surface area contributed by atoms with Gasteiger partial charge in [0, 0.05) is 19.6 Å². The van der Waals surface area contributed by atoms with Crippen LogP contribution in [0.2, 0.25) is 0 Å². The van der Waals surface area contributed by atoms with Gasteiger partial charge in [0.1, 0.15) is 5.75 Å². The van der Waals surface area contributed by atoms with Gasteiger partial charge in [0.2, 0.25) is 0 Å². The highest BCUT2D eigenvalue weighted by Crippen LogP contribution is 2.46. The monoisotopic (exact) mass is 286 g/mol. The molecule has 1 heterocycles. The van der Waals surface area contributed by atoms with Crippen molar-refractivity contribution in [2.75, 3.05) is 39.5 Å². The van der Waals surface area contributed by atoms with Crippen LogP contribution in [0, 0.1) is 0 Å². The molecule has 1 aromatic carbocycles. The van der Waals surface area contributed by atoms with Crippen molar-refractivity contribution in [1.82, 2.24) is 9.76 Å². The van der Waals surface area contributed by atoms with Crippen LogP contribution in [-0.2, 0) is 9.30 Å². The average Bonchev–Trinajstić information content (AvgIpc) is 2.47. The predicted octanol–water partition coefficient (Wildman–Crippen LogP) is 1.09. The molecule has 0 amide bonds. The number of benzene rings is 1. The van der Waals surface area contributed by atoms with E-state index in [9.17, 15) is 4.57 Å². The summed E-state index contributed by atoms with van der Waals surface area (Å²) in [4.78, 5) is 0. The molecule has 106 valence electrons. The molecule has 7 heteroatoms. The largest absolute Gasteiger partial charge is 0.422 e. The molecule has 0 bridgehead atoms. The van der Waals surface area contributed by atoms with E-state index in [1.54, 1.807) is 16.8 Å². The van der Waals surface area contributed by atoms with E-state index in [1.165, 1.54) is 0 Å². The molecule has 19 heavy (non-hydrogen) atoms. The number of para-hydroxylation sites is 1. The highest BCUT2D eigenvalue weighted by molar-refractivity contribution is 7.54. The van der Waals surface area contributed by atoms with Crippen LogP contribution in [0.4, 0.5) is 0 Å². The lowest BCUT2D eigenvalue weighted by Gasteiger charge is -2.33. The first kappa shape index (κ1) is 14.5. The topological polar surface area (TPSA) is 71.0 Å². The van der Waals surface area contributed by atoms with E-state index in [4.69, 9.17) is 14.4 Å². The summed E-state index contributed by atoms with van der Waals surface area (Å²) >= 11 is 0. The molecule has 1 aromatic rings. The molecule has 0 radical (unpaired) electrons. The highest BCUT2D eigenvalue weighted by Gasteiger charge is 2.34. The van der Waals surface area contributed by atoms with Crippen molar-refractivity contribution in [2.45, 2.75) is 0 Å². The number of nitrogens with one attached hydrogen (secondary N) is 1. The third-order valence-electron chi connectivity index (χ3n) is 2.76. The Balaban J connectivity index is 2.11. The van der Waals surface area contributed by atoms with Crippen molar-refractivity contribution in [2.24, 2.45) is 0 Å². The van der Waals surface area contributed by atoms with Gasteiger partial charge in [-0.2, -0.15) is 0 Å². The molecular formula is C12H19N2O4P. The third-order valence-corrected chi connectivity index (χ3v) is 4.98. The van der Waals surface area contributed by atoms with Crippen molar-refractivity contribution in [3.63, 3.8) is 0 Å². The van der Waals surface area contributed by atoms with Crippen molar-refractivity contribution in [3.8, 4) is 5.75 Å². The first-order valence-electron chi connectivity index (χ1n) is 6.28. The number of nitrogens with zero attached hydrogens (tertiary/aromatic N) is 1. The van der Waals surface area contributed by atoms with Gasteiger partial charge in [0.15, 0.2) is 0 Å². The number of morpholine rings is 1. The number of hydrogen-bond acceptors (Lipinski definition) is 4. The van der Waals surface area contributed by atoms with Gasteiger partial charge < -0.3 is 14.4 Å². The van der Waals surface area contributed by atoms with Crippen molar-refractivity contribution in [1.29, 1.82) is 0 Å². The van der Waals surface area contributed by atoms with E-state index in [0.717, 1.165) is 0 Å². The molecule has 1 unspecified atom stereocenters. The van der Waals surface area contributed by atoms with Crippen LogP contribution in [0.15, 0.2) is 30.3 Å². The summed E-state index contributed by atoms with van der Waals surface area (Å²) in [6, 6.07) is 9.03. The molecular weight excluding hydrogens is 267 g/mol. The van der Waals surface area contributed by atoms with Gasteiger partial charge in [-0.25, -0.2) is 14.3 Å². The maximum absolute atomic E-state index is 12.9. The fourth-order valence-corrected chi connectivity index (χ4v) is 3.68. The standard InChI is InChI=1S/C12H19N2O4P/c15-9-6-13-19(16,14-7-10-17-11-8-14)18-12-4-2-1-3-5-12/h1-5,15H,6-11H2,(H,13,16). The van der Waals surface area contributed by atoms with E-state index < -0.39 is 7.67 Å². The van der Waals surface area contributed by atoms with Crippen LogP contribution < -0.4 is 9.61 Å². The zero-order valence-corrected chi connectivity index (χ0v) is 11.6. The van der Waals surface area contributed by atoms with Gasteiger partial charge in [0.05, 0.1) is 19.8 Å². The van der Waals surface area contributed by atoms with Gasteiger partial charge in [-0.05, 0) is 12.1 Å². The fourth-order valence-electron chi connectivity index (χ4n) is 1.82. The summed E-state index contributed by atoms with van der Waals surface area (Å²) in [6.07, 6.45) is 0. The molecule has 1 aliphatic heterocycles. The fraction of sp³-hybridized carbons (Fsp3) is 0.500. The van der Waals surface area contributed by atoms with E-state index in [1.807, 2.05) is 18.2 Å². The number of aliphatic hydroxyl groups excluding tert-OH is 1. The van der Waals surface area contributed by atoms with Crippen LogP contribution in [0.5, 0.6) is 5.75 Å². The maximum Gasteiger partial charge on any atom is 0.393 e. The van der Waals surface area contributed by atoms with Crippen molar-refractivity contribution < 1.29 is 18.9 Å². The third kappa shape index (κ3) is 4.03. The quantitative estimate of drug-likeness (QED) is 0.763. The second-order valence-corrected chi connectivity index (χ2v) is 6.23. The zero-order valence-electron chi connectivity index (χ0n) is 10.7. The minimum absolute atomic E-state index is 0.0908. The molecule has 2 N–H and O–H groups in total. The Labute approximate surface area is 112 Å². The van der Waals surface area contributed by atoms with Gasteiger partial charge >= 0.3 is 7.67 Å². The maximum atomic E-state index is 12.9. The average molecular weight is 286 g/mol. The number of aliphatic hydroxyl groups is 1. The lowest BCUT2D eigenvalue weighted by molar-refractivity contribution is 0.0672. The molecule has 0 spiro atoms. The molecule has 0 aliphatic carbocycles. The summed E-state index contributed by atoms with van der Waals surface area (Å²) < 4.78 is 25.6. The Kier molecular flexibility index (Phi) is 5.36. The summed E-state index contributed by atoms with van der Waals surface area (Å²) in [5.41, 5.74) is 0. The van der Waals surface area contributed by atoms with Gasteiger partial charge in [-0.15, -0.1) is 0 Å². The van der Waals surface area contributed by atoms with Crippen molar-refractivity contribution >= 4 is 7.67 Å². The van der Waals surface area contributed by atoms with Crippen LogP contribution >= 0.6 is 7.67 Å². The molecule has 1 aliphatic rings. The first-order valence-corrected chi connectivity index (χ1v) is 7.86.